The van der Waals surface area contributed by atoms with Crippen LogP contribution in [0.5, 0.6) is 5.75 Å². The molecule has 4 nitrogen and oxygen atoms in total. The Kier molecular flexibility index (Phi) is 4.22. The molecule has 18 heavy (non-hydrogen) atoms. The van der Waals surface area contributed by atoms with Gasteiger partial charge in [-0.2, -0.15) is 0 Å². The van der Waals surface area contributed by atoms with Crippen molar-refractivity contribution in [3.63, 3.8) is 0 Å². The molecular formula is C14H21NO3. The molecule has 1 atom stereocenters. The number of hydrogen-bond donors (Lipinski definition) is 1. The third-order valence-electron chi connectivity index (χ3n) is 2.90. The molecule has 0 bridgehead atoms. The summed E-state index contributed by atoms with van der Waals surface area (Å²) in [6.45, 7) is 6.13. The summed E-state index contributed by atoms with van der Waals surface area (Å²) in [5.41, 5.74) is 1.20. The van der Waals surface area contributed by atoms with Gasteiger partial charge in [-0.05, 0) is 31.5 Å². The van der Waals surface area contributed by atoms with Crippen LogP contribution < -0.4 is 10.1 Å². The molecule has 0 aromatic heterocycles. The summed E-state index contributed by atoms with van der Waals surface area (Å²) in [7, 11) is 1.68. The molecule has 1 aromatic rings. The Hall–Kier alpha value is -1.10. The Labute approximate surface area is 108 Å². The lowest BCUT2D eigenvalue weighted by Gasteiger charge is -2.17. The summed E-state index contributed by atoms with van der Waals surface area (Å²) >= 11 is 0. The van der Waals surface area contributed by atoms with E-state index in [9.17, 15) is 0 Å². The molecule has 1 fully saturated rings. The zero-order valence-corrected chi connectivity index (χ0v) is 11.2. The van der Waals surface area contributed by atoms with Gasteiger partial charge in [0.05, 0.1) is 19.8 Å². The van der Waals surface area contributed by atoms with Crippen molar-refractivity contribution in [3.05, 3.63) is 29.8 Å². The van der Waals surface area contributed by atoms with E-state index in [1.807, 2.05) is 32.0 Å². The van der Waals surface area contributed by atoms with Crippen molar-refractivity contribution in [2.45, 2.75) is 32.3 Å². The quantitative estimate of drug-likeness (QED) is 0.868. The van der Waals surface area contributed by atoms with E-state index < -0.39 is 5.79 Å². The number of methoxy groups -OCH3 is 1. The van der Waals surface area contributed by atoms with Crippen molar-refractivity contribution < 1.29 is 14.2 Å². The maximum Gasteiger partial charge on any atom is 0.163 e. The van der Waals surface area contributed by atoms with Crippen molar-refractivity contribution in [1.29, 1.82) is 0 Å². The van der Waals surface area contributed by atoms with Gasteiger partial charge in [0.1, 0.15) is 5.75 Å². The van der Waals surface area contributed by atoms with Crippen molar-refractivity contribution in [3.8, 4) is 5.75 Å². The van der Waals surface area contributed by atoms with E-state index >= 15 is 0 Å². The van der Waals surface area contributed by atoms with Gasteiger partial charge in [-0.25, -0.2) is 0 Å². The SMILES string of the molecule is COc1cccc(CNCC2COC(C)(C)O2)c1. The molecule has 1 unspecified atom stereocenters. The second-order valence-electron chi connectivity index (χ2n) is 4.93. The molecule has 0 saturated carbocycles. The minimum atomic E-state index is -0.442. The highest BCUT2D eigenvalue weighted by Gasteiger charge is 2.32. The van der Waals surface area contributed by atoms with Gasteiger partial charge in [0.2, 0.25) is 0 Å². The van der Waals surface area contributed by atoms with Crippen molar-refractivity contribution in [2.24, 2.45) is 0 Å². The van der Waals surface area contributed by atoms with Crippen molar-refractivity contribution in [2.75, 3.05) is 20.3 Å². The summed E-state index contributed by atoms with van der Waals surface area (Å²) in [5.74, 6) is 0.443. The van der Waals surface area contributed by atoms with E-state index in [-0.39, 0.29) is 6.10 Å². The molecule has 0 aliphatic carbocycles. The average molecular weight is 251 g/mol. The lowest BCUT2D eigenvalue weighted by atomic mass is 10.2. The first kappa shape index (κ1) is 13.3. The Morgan fingerprint density at radius 1 is 1.44 bits per heavy atom. The van der Waals surface area contributed by atoms with E-state index in [4.69, 9.17) is 14.2 Å². The van der Waals surface area contributed by atoms with Gasteiger partial charge in [-0.1, -0.05) is 12.1 Å². The molecule has 0 spiro atoms. The fraction of sp³-hybridized carbons (Fsp3) is 0.571. The van der Waals surface area contributed by atoms with Crippen LogP contribution in [-0.2, 0) is 16.0 Å². The number of ether oxygens (including phenoxy) is 3. The number of nitrogens with one attached hydrogen (secondary N) is 1. The van der Waals surface area contributed by atoms with Gasteiger partial charge in [0.25, 0.3) is 0 Å². The van der Waals surface area contributed by atoms with Gasteiger partial charge >= 0.3 is 0 Å². The first-order chi connectivity index (χ1) is 8.59. The monoisotopic (exact) mass is 251 g/mol. The predicted octanol–water partition coefficient (Wildman–Crippen LogP) is 1.94. The van der Waals surface area contributed by atoms with Crippen LogP contribution in [0.3, 0.4) is 0 Å². The lowest BCUT2D eigenvalue weighted by Crippen LogP contribution is -2.30. The Morgan fingerprint density at radius 3 is 2.94 bits per heavy atom. The first-order valence-corrected chi connectivity index (χ1v) is 6.24. The van der Waals surface area contributed by atoms with Crippen LogP contribution in [0, 0.1) is 0 Å². The number of benzene rings is 1. The van der Waals surface area contributed by atoms with Gasteiger partial charge in [0, 0.05) is 13.1 Å². The second kappa shape index (κ2) is 5.69. The lowest BCUT2D eigenvalue weighted by molar-refractivity contribution is -0.137. The molecule has 0 amide bonds. The summed E-state index contributed by atoms with van der Waals surface area (Å²) < 4.78 is 16.4. The molecule has 2 rings (SSSR count). The van der Waals surface area contributed by atoms with E-state index in [0.29, 0.717) is 6.61 Å². The van der Waals surface area contributed by atoms with Crippen LogP contribution in [0.15, 0.2) is 24.3 Å². The van der Waals surface area contributed by atoms with Crippen molar-refractivity contribution in [1.82, 2.24) is 5.32 Å². The van der Waals surface area contributed by atoms with Crippen LogP contribution in [0.25, 0.3) is 0 Å². The second-order valence-corrected chi connectivity index (χ2v) is 4.93. The zero-order chi connectivity index (χ0) is 13.0. The molecular weight excluding hydrogens is 230 g/mol. The van der Waals surface area contributed by atoms with Crippen LogP contribution in [-0.4, -0.2) is 32.2 Å². The first-order valence-electron chi connectivity index (χ1n) is 6.24. The largest absolute Gasteiger partial charge is 0.497 e. The smallest absolute Gasteiger partial charge is 0.163 e. The summed E-state index contributed by atoms with van der Waals surface area (Å²) in [6.07, 6.45) is 0.130. The van der Waals surface area contributed by atoms with Gasteiger partial charge in [-0.15, -0.1) is 0 Å². The minimum Gasteiger partial charge on any atom is -0.497 e. The highest BCUT2D eigenvalue weighted by atomic mass is 16.7. The maximum absolute atomic E-state index is 5.72. The fourth-order valence-corrected chi connectivity index (χ4v) is 2.02. The summed E-state index contributed by atoms with van der Waals surface area (Å²) in [6, 6.07) is 8.04. The van der Waals surface area contributed by atoms with E-state index in [1.165, 1.54) is 5.56 Å². The molecule has 1 saturated heterocycles. The molecule has 100 valence electrons. The molecule has 1 N–H and O–H groups in total. The molecule has 4 heteroatoms. The van der Waals surface area contributed by atoms with Crippen LogP contribution in [0.1, 0.15) is 19.4 Å². The number of rotatable bonds is 5. The highest BCUT2D eigenvalue weighted by Crippen LogP contribution is 2.21. The summed E-state index contributed by atoms with van der Waals surface area (Å²) in [4.78, 5) is 0. The predicted molar refractivity (Wildman–Crippen MR) is 69.6 cm³/mol. The normalized spacial score (nSPS) is 22.1. The Balaban J connectivity index is 1.75. The molecule has 0 radical (unpaired) electrons. The topological polar surface area (TPSA) is 39.7 Å². The standard InChI is InChI=1S/C14H21NO3/c1-14(2)17-10-13(18-14)9-15-8-11-5-4-6-12(7-11)16-3/h4-7,13,15H,8-10H2,1-3H3. The van der Waals surface area contributed by atoms with Gasteiger partial charge in [0.15, 0.2) is 5.79 Å². The van der Waals surface area contributed by atoms with Crippen LogP contribution in [0.4, 0.5) is 0 Å². The van der Waals surface area contributed by atoms with Crippen LogP contribution in [0.2, 0.25) is 0 Å². The van der Waals surface area contributed by atoms with E-state index in [0.717, 1.165) is 18.8 Å². The maximum atomic E-state index is 5.72. The van der Waals surface area contributed by atoms with Crippen LogP contribution >= 0.6 is 0 Å². The molecule has 1 heterocycles. The Bertz CT molecular complexity index is 392. The Morgan fingerprint density at radius 2 is 2.28 bits per heavy atom. The molecule has 1 aromatic carbocycles. The van der Waals surface area contributed by atoms with Gasteiger partial charge in [-0.3, -0.25) is 0 Å². The minimum absolute atomic E-state index is 0.130. The highest BCUT2D eigenvalue weighted by molar-refractivity contribution is 5.28. The zero-order valence-electron chi connectivity index (χ0n) is 11.2. The number of hydrogen-bond acceptors (Lipinski definition) is 4. The summed E-state index contributed by atoms with van der Waals surface area (Å²) in [5, 5.41) is 3.37. The van der Waals surface area contributed by atoms with Gasteiger partial charge < -0.3 is 19.5 Å². The molecule has 1 aliphatic heterocycles. The van der Waals surface area contributed by atoms with E-state index in [2.05, 4.69) is 11.4 Å². The fourth-order valence-electron chi connectivity index (χ4n) is 2.02. The molecule has 1 aliphatic rings. The van der Waals surface area contributed by atoms with E-state index in [1.54, 1.807) is 7.11 Å². The van der Waals surface area contributed by atoms with Crippen molar-refractivity contribution >= 4 is 0 Å². The third-order valence-corrected chi connectivity index (χ3v) is 2.90. The third kappa shape index (κ3) is 3.70. The average Bonchev–Trinajstić information content (AvgIpc) is 2.69.